The molecule has 1 aromatic carbocycles. The van der Waals surface area contributed by atoms with Crippen LogP contribution >= 0.6 is 34.2 Å². The number of rotatable bonds is 5. The predicted molar refractivity (Wildman–Crippen MR) is 84.5 cm³/mol. The van der Waals surface area contributed by atoms with E-state index in [9.17, 15) is 9.59 Å². The van der Waals surface area contributed by atoms with Crippen molar-refractivity contribution < 1.29 is 19.4 Å². The lowest BCUT2D eigenvalue weighted by Gasteiger charge is -2.24. The van der Waals surface area contributed by atoms with Gasteiger partial charge in [0.1, 0.15) is 11.8 Å². The molecule has 0 saturated carbocycles. The van der Waals surface area contributed by atoms with Gasteiger partial charge in [0.05, 0.1) is 17.7 Å². The third-order valence-corrected chi connectivity index (χ3v) is 4.46. The average Bonchev–Trinajstić information content (AvgIpc) is 2.40. The Bertz CT molecular complexity index is 535. The van der Waals surface area contributed by atoms with E-state index in [0.29, 0.717) is 17.2 Å². The van der Waals surface area contributed by atoms with Crippen molar-refractivity contribution in [2.24, 2.45) is 0 Å². The van der Waals surface area contributed by atoms with Gasteiger partial charge in [-0.1, -0.05) is 18.5 Å². The van der Waals surface area contributed by atoms with Crippen LogP contribution < -0.4 is 4.74 Å². The Morgan fingerprint density at radius 1 is 1.50 bits per heavy atom. The quantitative estimate of drug-likeness (QED) is 0.757. The molecular weight excluding hydrogens is 397 g/mol. The summed E-state index contributed by atoms with van der Waals surface area (Å²) in [4.78, 5) is 24.7. The summed E-state index contributed by atoms with van der Waals surface area (Å²) in [5.41, 5.74) is 0.250. The number of methoxy groups -OCH3 is 1. The highest BCUT2D eigenvalue weighted by Gasteiger charge is 2.27. The number of carbonyl (C=O) groups is 2. The van der Waals surface area contributed by atoms with Crippen LogP contribution in [0.3, 0.4) is 0 Å². The number of aliphatic carboxylic acids is 1. The standard InChI is InChI=1S/C13H15ClINO4/c1-4-10(13(18)19)16(2)12(17)7-5-8(14)9(15)6-11(7)20-3/h5-6,10H,4H2,1-3H3,(H,18,19). The van der Waals surface area contributed by atoms with E-state index in [1.54, 1.807) is 13.0 Å². The fourth-order valence-electron chi connectivity index (χ4n) is 1.81. The normalized spacial score (nSPS) is 11.8. The zero-order valence-electron chi connectivity index (χ0n) is 11.3. The van der Waals surface area contributed by atoms with Gasteiger partial charge in [-0.2, -0.15) is 0 Å². The Morgan fingerprint density at radius 2 is 2.10 bits per heavy atom. The van der Waals surface area contributed by atoms with Crippen LogP contribution in [-0.4, -0.2) is 42.1 Å². The van der Waals surface area contributed by atoms with Crippen molar-refractivity contribution in [1.29, 1.82) is 0 Å². The van der Waals surface area contributed by atoms with E-state index in [2.05, 4.69) is 0 Å². The third-order valence-electron chi connectivity index (χ3n) is 2.93. The van der Waals surface area contributed by atoms with Crippen LogP contribution in [0.1, 0.15) is 23.7 Å². The second kappa shape index (κ2) is 7.12. The van der Waals surface area contributed by atoms with E-state index in [4.69, 9.17) is 21.4 Å². The molecule has 1 N–H and O–H groups in total. The van der Waals surface area contributed by atoms with Crippen molar-refractivity contribution in [2.45, 2.75) is 19.4 Å². The molecule has 1 aromatic rings. The minimum absolute atomic E-state index is 0.250. The smallest absolute Gasteiger partial charge is 0.326 e. The first-order valence-electron chi connectivity index (χ1n) is 5.86. The molecule has 0 aliphatic carbocycles. The molecule has 0 radical (unpaired) electrons. The number of halogens is 2. The summed E-state index contributed by atoms with van der Waals surface area (Å²) in [6, 6.07) is 2.26. The van der Waals surface area contributed by atoms with E-state index in [1.807, 2.05) is 22.6 Å². The zero-order chi connectivity index (χ0) is 15.4. The largest absolute Gasteiger partial charge is 0.496 e. The Labute approximate surface area is 136 Å². The number of carboxylic acid groups (broad SMARTS) is 1. The zero-order valence-corrected chi connectivity index (χ0v) is 14.2. The molecule has 0 heterocycles. The van der Waals surface area contributed by atoms with Crippen LogP contribution in [0.25, 0.3) is 0 Å². The summed E-state index contributed by atoms with van der Waals surface area (Å²) in [5.74, 6) is -1.11. The summed E-state index contributed by atoms with van der Waals surface area (Å²) >= 11 is 8.05. The summed E-state index contributed by atoms with van der Waals surface area (Å²) in [6.07, 6.45) is 0.317. The Balaban J connectivity index is 3.20. The van der Waals surface area contributed by atoms with Crippen molar-refractivity contribution in [3.63, 3.8) is 0 Å². The number of hydrogen-bond acceptors (Lipinski definition) is 3. The molecule has 0 spiro atoms. The fraction of sp³-hybridized carbons (Fsp3) is 0.385. The summed E-state index contributed by atoms with van der Waals surface area (Å²) in [5, 5.41) is 9.53. The van der Waals surface area contributed by atoms with Crippen molar-refractivity contribution in [3.05, 3.63) is 26.3 Å². The molecule has 110 valence electrons. The third kappa shape index (κ3) is 3.54. The Morgan fingerprint density at radius 3 is 2.55 bits per heavy atom. The van der Waals surface area contributed by atoms with Gasteiger partial charge in [-0.3, -0.25) is 4.79 Å². The summed E-state index contributed by atoms with van der Waals surface area (Å²) in [7, 11) is 2.90. The van der Waals surface area contributed by atoms with Crippen molar-refractivity contribution in [1.82, 2.24) is 4.90 Å². The number of nitrogens with zero attached hydrogens (tertiary/aromatic N) is 1. The number of hydrogen-bond donors (Lipinski definition) is 1. The maximum atomic E-state index is 12.4. The first-order valence-corrected chi connectivity index (χ1v) is 7.32. The van der Waals surface area contributed by atoms with Gasteiger partial charge in [-0.25, -0.2) is 4.79 Å². The first-order chi connectivity index (χ1) is 9.33. The SMILES string of the molecule is CCC(C(=O)O)N(C)C(=O)c1cc(Cl)c(I)cc1OC. The number of amides is 1. The highest BCUT2D eigenvalue weighted by molar-refractivity contribution is 14.1. The van der Waals surface area contributed by atoms with E-state index < -0.39 is 17.9 Å². The molecular formula is C13H15ClINO4. The average molecular weight is 412 g/mol. The number of likely N-dealkylation sites (N-methyl/N-ethyl adjacent to an activating group) is 1. The molecule has 20 heavy (non-hydrogen) atoms. The Hall–Kier alpha value is -1.02. The van der Waals surface area contributed by atoms with Crippen LogP contribution in [0.5, 0.6) is 5.75 Å². The van der Waals surface area contributed by atoms with Gasteiger partial charge in [0.25, 0.3) is 5.91 Å². The molecule has 7 heteroatoms. The minimum Gasteiger partial charge on any atom is -0.496 e. The maximum absolute atomic E-state index is 12.4. The second-order valence-electron chi connectivity index (χ2n) is 4.14. The fourth-order valence-corrected chi connectivity index (χ4v) is 2.41. The minimum atomic E-state index is -1.04. The molecule has 0 aliphatic rings. The molecule has 0 aromatic heterocycles. The monoisotopic (exact) mass is 411 g/mol. The predicted octanol–water partition coefficient (Wildman–Crippen LogP) is 2.89. The number of ether oxygens (including phenoxy) is 1. The van der Waals surface area contributed by atoms with E-state index in [1.165, 1.54) is 25.1 Å². The van der Waals surface area contributed by atoms with Gasteiger partial charge in [-0.15, -0.1) is 0 Å². The molecule has 0 aliphatic heterocycles. The van der Waals surface area contributed by atoms with Crippen LogP contribution in [0.2, 0.25) is 5.02 Å². The van der Waals surface area contributed by atoms with Crippen molar-refractivity contribution >= 4 is 46.1 Å². The van der Waals surface area contributed by atoms with Gasteiger partial charge in [-0.05, 0) is 41.1 Å². The lowest BCUT2D eigenvalue weighted by atomic mass is 10.1. The van der Waals surface area contributed by atoms with Crippen LogP contribution in [0.4, 0.5) is 0 Å². The van der Waals surface area contributed by atoms with Crippen LogP contribution in [-0.2, 0) is 4.79 Å². The summed E-state index contributed by atoms with van der Waals surface area (Å²) in [6.45, 7) is 1.71. The topological polar surface area (TPSA) is 66.8 Å². The molecule has 1 atom stereocenters. The van der Waals surface area contributed by atoms with Gasteiger partial charge >= 0.3 is 5.97 Å². The molecule has 1 unspecified atom stereocenters. The van der Waals surface area contributed by atoms with Crippen LogP contribution in [0, 0.1) is 3.57 Å². The molecule has 1 rings (SSSR count). The molecule has 0 saturated heterocycles. The number of benzene rings is 1. The molecule has 1 amide bonds. The van der Waals surface area contributed by atoms with E-state index >= 15 is 0 Å². The second-order valence-corrected chi connectivity index (χ2v) is 5.71. The highest BCUT2D eigenvalue weighted by Crippen LogP contribution is 2.29. The van der Waals surface area contributed by atoms with Gasteiger partial charge in [0, 0.05) is 10.6 Å². The lowest BCUT2D eigenvalue weighted by molar-refractivity contribution is -0.142. The van der Waals surface area contributed by atoms with Gasteiger partial charge < -0.3 is 14.7 Å². The van der Waals surface area contributed by atoms with Gasteiger partial charge in [0.2, 0.25) is 0 Å². The van der Waals surface area contributed by atoms with E-state index in [-0.39, 0.29) is 5.56 Å². The van der Waals surface area contributed by atoms with E-state index in [0.717, 1.165) is 3.57 Å². The van der Waals surface area contributed by atoms with Crippen molar-refractivity contribution in [3.8, 4) is 5.75 Å². The lowest BCUT2D eigenvalue weighted by Crippen LogP contribution is -2.42. The highest BCUT2D eigenvalue weighted by atomic mass is 127. The molecule has 5 nitrogen and oxygen atoms in total. The Kier molecular flexibility index (Phi) is 6.07. The number of carbonyl (C=O) groups excluding carboxylic acids is 1. The first kappa shape index (κ1) is 17.0. The maximum Gasteiger partial charge on any atom is 0.326 e. The van der Waals surface area contributed by atoms with Crippen molar-refractivity contribution in [2.75, 3.05) is 14.2 Å². The van der Waals surface area contributed by atoms with Gasteiger partial charge in [0.15, 0.2) is 0 Å². The number of carboxylic acids is 1. The summed E-state index contributed by atoms with van der Waals surface area (Å²) < 4.78 is 5.92. The van der Waals surface area contributed by atoms with Crippen LogP contribution in [0.15, 0.2) is 12.1 Å². The molecule has 0 fully saturated rings. The molecule has 0 bridgehead atoms.